The second kappa shape index (κ2) is 7.76. The van der Waals surface area contributed by atoms with Gasteiger partial charge in [0.05, 0.1) is 11.2 Å². The molecule has 0 aliphatic heterocycles. The molecule has 0 aliphatic rings. The van der Waals surface area contributed by atoms with Gasteiger partial charge in [0.15, 0.2) is 0 Å². The molecule has 1 N–H and O–H groups in total. The quantitative estimate of drug-likeness (QED) is 0.467. The SMILES string of the molecule is CCCCC(C)(O)c1cccc2c(-c3ccncc3)c(-c3ccc(F)cc3)nn12. The van der Waals surface area contributed by atoms with E-state index in [9.17, 15) is 9.50 Å². The van der Waals surface area contributed by atoms with E-state index in [0.717, 1.165) is 46.4 Å². The molecule has 0 radical (unpaired) electrons. The Hall–Kier alpha value is -3.05. The Morgan fingerprint density at radius 2 is 1.72 bits per heavy atom. The molecule has 3 aromatic heterocycles. The lowest BCUT2D eigenvalue weighted by molar-refractivity contribution is 0.0388. The van der Waals surface area contributed by atoms with Crippen molar-refractivity contribution in [3.05, 3.63) is 78.5 Å². The average Bonchev–Trinajstić information content (AvgIpc) is 3.13. The minimum Gasteiger partial charge on any atom is -0.384 e. The summed E-state index contributed by atoms with van der Waals surface area (Å²) in [7, 11) is 0. The number of pyridine rings is 2. The molecule has 148 valence electrons. The van der Waals surface area contributed by atoms with Gasteiger partial charge in [0, 0.05) is 23.5 Å². The highest BCUT2D eigenvalue weighted by molar-refractivity contribution is 5.92. The highest BCUT2D eigenvalue weighted by Crippen LogP contribution is 2.37. The summed E-state index contributed by atoms with van der Waals surface area (Å²) in [5.41, 5.74) is 4.11. The van der Waals surface area contributed by atoms with Crippen LogP contribution in [0.2, 0.25) is 0 Å². The van der Waals surface area contributed by atoms with Crippen LogP contribution < -0.4 is 0 Å². The molecule has 0 spiro atoms. The first kappa shape index (κ1) is 19.3. The van der Waals surface area contributed by atoms with Gasteiger partial charge in [-0.15, -0.1) is 0 Å². The van der Waals surface area contributed by atoms with Gasteiger partial charge in [-0.25, -0.2) is 8.91 Å². The molecule has 3 heterocycles. The lowest BCUT2D eigenvalue weighted by Crippen LogP contribution is -2.24. The molecular formula is C24H24FN3O. The van der Waals surface area contributed by atoms with E-state index in [2.05, 4.69) is 11.9 Å². The number of halogens is 1. The van der Waals surface area contributed by atoms with Crippen LogP contribution in [0, 0.1) is 5.82 Å². The van der Waals surface area contributed by atoms with E-state index >= 15 is 0 Å². The van der Waals surface area contributed by atoms with Gasteiger partial charge in [0.1, 0.15) is 17.1 Å². The van der Waals surface area contributed by atoms with Crippen molar-refractivity contribution in [1.29, 1.82) is 0 Å². The number of fused-ring (bicyclic) bond motifs is 1. The van der Waals surface area contributed by atoms with Crippen LogP contribution in [-0.2, 0) is 5.60 Å². The van der Waals surface area contributed by atoms with Crippen molar-refractivity contribution >= 4 is 5.52 Å². The monoisotopic (exact) mass is 389 g/mol. The first-order chi connectivity index (χ1) is 14.0. The Bertz CT molecular complexity index is 1120. The topological polar surface area (TPSA) is 50.4 Å². The fourth-order valence-corrected chi connectivity index (χ4v) is 3.74. The summed E-state index contributed by atoms with van der Waals surface area (Å²) in [6, 6.07) is 16.1. The Kier molecular flexibility index (Phi) is 5.16. The van der Waals surface area contributed by atoms with Gasteiger partial charge in [-0.2, -0.15) is 5.10 Å². The van der Waals surface area contributed by atoms with Crippen LogP contribution in [0.4, 0.5) is 4.39 Å². The predicted octanol–water partition coefficient (Wildman–Crippen LogP) is 5.60. The average molecular weight is 389 g/mol. The zero-order valence-electron chi connectivity index (χ0n) is 16.6. The Balaban J connectivity index is 1.99. The van der Waals surface area contributed by atoms with E-state index < -0.39 is 5.60 Å². The third-order valence-electron chi connectivity index (χ3n) is 5.31. The normalized spacial score (nSPS) is 13.5. The lowest BCUT2D eigenvalue weighted by Gasteiger charge is -2.24. The molecule has 0 saturated carbocycles. The molecule has 0 fully saturated rings. The fourth-order valence-electron chi connectivity index (χ4n) is 3.74. The molecule has 4 nitrogen and oxygen atoms in total. The van der Waals surface area contributed by atoms with Crippen LogP contribution in [-0.4, -0.2) is 19.7 Å². The summed E-state index contributed by atoms with van der Waals surface area (Å²) in [6.07, 6.45) is 6.07. The van der Waals surface area contributed by atoms with Crippen LogP contribution >= 0.6 is 0 Å². The van der Waals surface area contributed by atoms with Crippen LogP contribution in [0.25, 0.3) is 27.9 Å². The van der Waals surface area contributed by atoms with Gasteiger partial charge in [0.2, 0.25) is 0 Å². The van der Waals surface area contributed by atoms with Crippen molar-refractivity contribution in [3.8, 4) is 22.4 Å². The van der Waals surface area contributed by atoms with Gasteiger partial charge in [0.25, 0.3) is 0 Å². The molecule has 4 aromatic rings. The highest BCUT2D eigenvalue weighted by Gasteiger charge is 2.27. The first-order valence-electron chi connectivity index (χ1n) is 9.92. The summed E-state index contributed by atoms with van der Waals surface area (Å²) >= 11 is 0. The first-order valence-corrected chi connectivity index (χ1v) is 9.92. The smallest absolute Gasteiger partial charge is 0.123 e. The maximum absolute atomic E-state index is 13.5. The number of aliphatic hydroxyl groups is 1. The van der Waals surface area contributed by atoms with Crippen LogP contribution in [0.15, 0.2) is 67.0 Å². The number of benzene rings is 1. The molecule has 0 bridgehead atoms. The zero-order valence-corrected chi connectivity index (χ0v) is 16.6. The molecule has 4 rings (SSSR count). The van der Waals surface area contributed by atoms with E-state index in [1.54, 1.807) is 24.5 Å². The molecular weight excluding hydrogens is 365 g/mol. The van der Waals surface area contributed by atoms with Crippen molar-refractivity contribution in [2.75, 3.05) is 0 Å². The second-order valence-electron chi connectivity index (χ2n) is 7.55. The van der Waals surface area contributed by atoms with Crippen molar-refractivity contribution in [1.82, 2.24) is 14.6 Å². The lowest BCUT2D eigenvalue weighted by atomic mass is 9.94. The fraction of sp³-hybridized carbons (Fsp3) is 0.250. The molecule has 1 atom stereocenters. The van der Waals surface area contributed by atoms with Crippen molar-refractivity contribution < 1.29 is 9.50 Å². The van der Waals surface area contributed by atoms with Crippen LogP contribution in [0.3, 0.4) is 0 Å². The Morgan fingerprint density at radius 3 is 2.41 bits per heavy atom. The van der Waals surface area contributed by atoms with E-state index in [-0.39, 0.29) is 5.82 Å². The van der Waals surface area contributed by atoms with Crippen molar-refractivity contribution in [3.63, 3.8) is 0 Å². The minimum atomic E-state index is -1.00. The summed E-state index contributed by atoms with van der Waals surface area (Å²) in [6.45, 7) is 3.95. The summed E-state index contributed by atoms with van der Waals surface area (Å²) in [4.78, 5) is 4.12. The van der Waals surface area contributed by atoms with Crippen LogP contribution in [0.5, 0.6) is 0 Å². The van der Waals surface area contributed by atoms with Crippen molar-refractivity contribution in [2.45, 2.75) is 38.7 Å². The molecule has 1 aromatic carbocycles. The molecule has 1 unspecified atom stereocenters. The Labute approximate surface area is 169 Å². The number of unbranched alkanes of at least 4 members (excludes halogenated alkanes) is 1. The van der Waals surface area contributed by atoms with Crippen molar-refractivity contribution in [2.24, 2.45) is 0 Å². The third kappa shape index (κ3) is 3.66. The number of hydrogen-bond acceptors (Lipinski definition) is 3. The standard InChI is InChI=1S/C24H24FN3O/c1-3-4-14-24(2,29)21-7-5-6-20-22(17-12-15-26-16-13-17)23(27-28(20)21)18-8-10-19(25)11-9-18/h5-13,15-16,29H,3-4,14H2,1-2H3. The highest BCUT2D eigenvalue weighted by atomic mass is 19.1. The number of aromatic nitrogens is 3. The van der Waals surface area contributed by atoms with Gasteiger partial charge >= 0.3 is 0 Å². The van der Waals surface area contributed by atoms with Crippen LogP contribution in [0.1, 0.15) is 38.8 Å². The van der Waals surface area contributed by atoms with E-state index in [1.807, 2.05) is 41.8 Å². The van der Waals surface area contributed by atoms with Gasteiger partial charge < -0.3 is 5.11 Å². The van der Waals surface area contributed by atoms with E-state index in [4.69, 9.17) is 5.10 Å². The predicted molar refractivity (Wildman–Crippen MR) is 113 cm³/mol. The summed E-state index contributed by atoms with van der Waals surface area (Å²) in [5, 5.41) is 16.0. The molecule has 5 heteroatoms. The zero-order chi connectivity index (χ0) is 20.4. The van der Waals surface area contributed by atoms with Gasteiger partial charge in [-0.1, -0.05) is 25.8 Å². The molecule has 0 amide bonds. The largest absolute Gasteiger partial charge is 0.384 e. The molecule has 0 saturated heterocycles. The van der Waals surface area contributed by atoms with E-state index in [0.29, 0.717) is 6.42 Å². The summed E-state index contributed by atoms with van der Waals surface area (Å²) in [5.74, 6) is -0.286. The number of rotatable bonds is 6. The van der Waals surface area contributed by atoms with Gasteiger partial charge in [-0.05, 0) is 67.4 Å². The maximum atomic E-state index is 13.5. The Morgan fingerprint density at radius 1 is 1.00 bits per heavy atom. The third-order valence-corrected chi connectivity index (χ3v) is 5.31. The molecule has 0 aliphatic carbocycles. The van der Waals surface area contributed by atoms with Gasteiger partial charge in [-0.3, -0.25) is 4.98 Å². The number of nitrogens with zero attached hydrogens (tertiary/aromatic N) is 3. The van der Waals surface area contributed by atoms with E-state index in [1.165, 1.54) is 12.1 Å². The second-order valence-corrected chi connectivity index (χ2v) is 7.55. The maximum Gasteiger partial charge on any atom is 0.123 e. The minimum absolute atomic E-state index is 0.286. The molecule has 29 heavy (non-hydrogen) atoms. The number of hydrogen-bond donors (Lipinski definition) is 1. The summed E-state index contributed by atoms with van der Waals surface area (Å²) < 4.78 is 15.3.